The van der Waals surface area contributed by atoms with Gasteiger partial charge >= 0.3 is 0 Å². The summed E-state index contributed by atoms with van der Waals surface area (Å²) in [5, 5.41) is 17.1. The lowest BCUT2D eigenvalue weighted by Gasteiger charge is -2.33. The number of nitriles is 1. The molecule has 0 saturated carbocycles. The molecule has 2 N–H and O–H groups in total. The number of benzene rings is 2. The Morgan fingerprint density at radius 2 is 1.93 bits per heavy atom. The minimum absolute atomic E-state index is 0.386. The molecule has 0 unspecified atom stereocenters. The van der Waals surface area contributed by atoms with Gasteiger partial charge in [-0.15, -0.1) is 0 Å². The fourth-order valence-corrected chi connectivity index (χ4v) is 3.78. The van der Waals surface area contributed by atoms with Crippen LogP contribution >= 0.6 is 23.2 Å². The van der Waals surface area contributed by atoms with Crippen LogP contribution in [0.25, 0.3) is 0 Å². The molecule has 0 spiro atoms. The molecule has 0 aromatic heterocycles. The lowest BCUT2D eigenvalue weighted by molar-refractivity contribution is 0.198. The molecule has 3 rings (SSSR count). The first kappa shape index (κ1) is 21.4. The standard InChI is InChI=1S/C22H25Cl2N5/c1-26-22(27-14-17-4-2-3-16(11-17)13-25)28-19-7-9-29(10-8-19)15-18-5-6-20(23)21(24)12-18/h2-6,11-12,19H,7-10,14-15H2,1H3,(H2,26,27,28). The van der Waals surface area contributed by atoms with E-state index in [2.05, 4.69) is 26.6 Å². The summed E-state index contributed by atoms with van der Waals surface area (Å²) in [6.07, 6.45) is 2.10. The highest BCUT2D eigenvalue weighted by Crippen LogP contribution is 2.24. The molecule has 2 aromatic carbocycles. The number of hydrogen-bond acceptors (Lipinski definition) is 3. The average molecular weight is 430 g/mol. The SMILES string of the molecule is CN=C(NCc1cccc(C#N)c1)NC1CCN(Cc2ccc(Cl)c(Cl)c2)CC1. The molecule has 0 amide bonds. The van der Waals surface area contributed by atoms with E-state index in [0.29, 0.717) is 28.2 Å². The van der Waals surface area contributed by atoms with Gasteiger partial charge in [-0.3, -0.25) is 9.89 Å². The lowest BCUT2D eigenvalue weighted by Crippen LogP contribution is -2.48. The minimum Gasteiger partial charge on any atom is -0.354 e. The Kier molecular flexibility index (Phi) is 7.76. The van der Waals surface area contributed by atoms with Crippen molar-refractivity contribution in [3.05, 3.63) is 69.2 Å². The van der Waals surface area contributed by atoms with Crippen molar-refractivity contribution in [2.24, 2.45) is 4.99 Å². The molecule has 0 radical (unpaired) electrons. The normalized spacial score (nSPS) is 15.7. The van der Waals surface area contributed by atoms with Crippen molar-refractivity contribution in [2.75, 3.05) is 20.1 Å². The first-order chi connectivity index (χ1) is 14.1. The molecule has 1 fully saturated rings. The number of guanidine groups is 1. The van der Waals surface area contributed by atoms with E-state index in [1.54, 1.807) is 7.05 Å². The van der Waals surface area contributed by atoms with E-state index in [1.807, 2.05) is 42.5 Å². The van der Waals surface area contributed by atoms with Gasteiger partial charge in [-0.1, -0.05) is 41.4 Å². The highest BCUT2D eigenvalue weighted by atomic mass is 35.5. The molecule has 29 heavy (non-hydrogen) atoms. The molecular weight excluding hydrogens is 405 g/mol. The summed E-state index contributed by atoms with van der Waals surface area (Å²) < 4.78 is 0. The smallest absolute Gasteiger partial charge is 0.191 e. The van der Waals surface area contributed by atoms with Crippen molar-refractivity contribution in [1.82, 2.24) is 15.5 Å². The molecule has 2 aromatic rings. The van der Waals surface area contributed by atoms with E-state index in [0.717, 1.165) is 44.0 Å². The summed E-state index contributed by atoms with van der Waals surface area (Å²) in [4.78, 5) is 6.77. The van der Waals surface area contributed by atoms with Crippen LogP contribution < -0.4 is 10.6 Å². The van der Waals surface area contributed by atoms with Crippen LogP contribution in [0, 0.1) is 11.3 Å². The predicted octanol–water partition coefficient (Wildman–Crippen LogP) is 4.19. The van der Waals surface area contributed by atoms with Crippen LogP contribution in [-0.2, 0) is 13.1 Å². The Bertz CT molecular complexity index is 898. The van der Waals surface area contributed by atoms with Gasteiger partial charge in [0.05, 0.1) is 21.7 Å². The molecule has 0 aliphatic carbocycles. The van der Waals surface area contributed by atoms with Crippen molar-refractivity contribution in [3.63, 3.8) is 0 Å². The summed E-state index contributed by atoms with van der Waals surface area (Å²) >= 11 is 12.1. The number of nitrogens with one attached hydrogen (secondary N) is 2. The van der Waals surface area contributed by atoms with Crippen LogP contribution in [0.3, 0.4) is 0 Å². The number of nitrogens with zero attached hydrogens (tertiary/aromatic N) is 3. The number of rotatable bonds is 5. The maximum absolute atomic E-state index is 9.02. The number of aliphatic imine (C=N–C) groups is 1. The van der Waals surface area contributed by atoms with Crippen molar-refractivity contribution >= 4 is 29.2 Å². The van der Waals surface area contributed by atoms with Gasteiger partial charge in [0, 0.05) is 39.3 Å². The van der Waals surface area contributed by atoms with Gasteiger partial charge in [-0.05, 0) is 48.2 Å². The van der Waals surface area contributed by atoms with E-state index in [9.17, 15) is 0 Å². The zero-order chi connectivity index (χ0) is 20.6. The fraction of sp³-hybridized carbons (Fsp3) is 0.364. The molecule has 0 bridgehead atoms. The molecular formula is C22H25Cl2N5. The Morgan fingerprint density at radius 1 is 1.14 bits per heavy atom. The summed E-state index contributed by atoms with van der Waals surface area (Å²) in [6.45, 7) is 3.54. The zero-order valence-electron chi connectivity index (χ0n) is 16.5. The third-order valence-electron chi connectivity index (χ3n) is 5.06. The predicted molar refractivity (Wildman–Crippen MR) is 119 cm³/mol. The van der Waals surface area contributed by atoms with Gasteiger partial charge in [0.25, 0.3) is 0 Å². The first-order valence-electron chi connectivity index (χ1n) is 9.70. The quantitative estimate of drug-likeness (QED) is 0.552. The van der Waals surface area contributed by atoms with Gasteiger partial charge in [0.2, 0.25) is 0 Å². The maximum atomic E-state index is 9.02. The van der Waals surface area contributed by atoms with Gasteiger partial charge in [-0.2, -0.15) is 5.26 Å². The fourth-order valence-electron chi connectivity index (χ4n) is 3.46. The Balaban J connectivity index is 1.45. The molecule has 1 heterocycles. The largest absolute Gasteiger partial charge is 0.354 e. The van der Waals surface area contributed by atoms with Crippen LogP contribution in [0.15, 0.2) is 47.5 Å². The molecule has 7 heteroatoms. The second-order valence-electron chi connectivity index (χ2n) is 7.18. The van der Waals surface area contributed by atoms with Gasteiger partial charge < -0.3 is 10.6 Å². The molecule has 1 saturated heterocycles. The van der Waals surface area contributed by atoms with E-state index >= 15 is 0 Å². The van der Waals surface area contributed by atoms with Gasteiger partial charge in [0.1, 0.15) is 0 Å². The van der Waals surface area contributed by atoms with Crippen LogP contribution in [0.2, 0.25) is 10.0 Å². The highest BCUT2D eigenvalue weighted by Gasteiger charge is 2.20. The second kappa shape index (κ2) is 10.5. The molecule has 5 nitrogen and oxygen atoms in total. The zero-order valence-corrected chi connectivity index (χ0v) is 18.0. The van der Waals surface area contributed by atoms with E-state index < -0.39 is 0 Å². The minimum atomic E-state index is 0.386. The average Bonchev–Trinajstić information content (AvgIpc) is 2.75. The molecule has 0 atom stereocenters. The number of piperidine rings is 1. The van der Waals surface area contributed by atoms with Crippen LogP contribution in [0.1, 0.15) is 29.5 Å². The van der Waals surface area contributed by atoms with Crippen molar-refractivity contribution < 1.29 is 0 Å². The lowest BCUT2D eigenvalue weighted by atomic mass is 10.0. The van der Waals surface area contributed by atoms with E-state index in [1.165, 1.54) is 5.56 Å². The topological polar surface area (TPSA) is 63.5 Å². The van der Waals surface area contributed by atoms with Crippen LogP contribution in [-0.4, -0.2) is 37.0 Å². The number of likely N-dealkylation sites (tertiary alicyclic amines) is 1. The Hall–Kier alpha value is -2.26. The maximum Gasteiger partial charge on any atom is 0.191 e. The van der Waals surface area contributed by atoms with Crippen LogP contribution in [0.5, 0.6) is 0 Å². The van der Waals surface area contributed by atoms with Crippen molar-refractivity contribution in [2.45, 2.75) is 32.0 Å². The molecule has 152 valence electrons. The Morgan fingerprint density at radius 3 is 2.62 bits per heavy atom. The number of halogens is 2. The highest BCUT2D eigenvalue weighted by molar-refractivity contribution is 6.42. The Labute approximate surface area is 182 Å². The first-order valence-corrected chi connectivity index (χ1v) is 10.5. The summed E-state index contributed by atoms with van der Waals surface area (Å²) in [5.41, 5.74) is 2.91. The molecule has 1 aliphatic heterocycles. The van der Waals surface area contributed by atoms with Crippen molar-refractivity contribution in [1.29, 1.82) is 5.26 Å². The molecule has 1 aliphatic rings. The number of hydrogen-bond donors (Lipinski definition) is 2. The monoisotopic (exact) mass is 429 g/mol. The van der Waals surface area contributed by atoms with Crippen LogP contribution in [0.4, 0.5) is 0 Å². The van der Waals surface area contributed by atoms with E-state index in [-0.39, 0.29) is 0 Å². The van der Waals surface area contributed by atoms with Crippen molar-refractivity contribution in [3.8, 4) is 6.07 Å². The van der Waals surface area contributed by atoms with E-state index in [4.69, 9.17) is 28.5 Å². The van der Waals surface area contributed by atoms with Gasteiger partial charge in [0.15, 0.2) is 5.96 Å². The third kappa shape index (κ3) is 6.37. The van der Waals surface area contributed by atoms with Gasteiger partial charge in [-0.25, -0.2) is 0 Å². The summed E-state index contributed by atoms with van der Waals surface area (Å²) in [7, 11) is 1.78. The second-order valence-corrected chi connectivity index (χ2v) is 8.00. The third-order valence-corrected chi connectivity index (χ3v) is 5.80. The summed E-state index contributed by atoms with van der Waals surface area (Å²) in [6, 6.07) is 16.0. The summed E-state index contributed by atoms with van der Waals surface area (Å²) in [5.74, 6) is 0.787.